The zero-order valence-corrected chi connectivity index (χ0v) is 11.8. The van der Waals surface area contributed by atoms with Gasteiger partial charge in [0.05, 0.1) is 6.61 Å². The third-order valence-electron chi connectivity index (χ3n) is 3.87. The van der Waals surface area contributed by atoms with E-state index in [-0.39, 0.29) is 19.4 Å². The number of aliphatic carboxylic acids is 1. The van der Waals surface area contributed by atoms with Crippen molar-refractivity contribution in [3.05, 3.63) is 12.7 Å². The quantitative estimate of drug-likeness (QED) is 0.610. The largest absolute Gasteiger partial charge is 0.481 e. The molecule has 6 nitrogen and oxygen atoms in total. The fourth-order valence-corrected chi connectivity index (χ4v) is 2.60. The summed E-state index contributed by atoms with van der Waals surface area (Å²) < 4.78 is 10.2. The van der Waals surface area contributed by atoms with Gasteiger partial charge in [0.2, 0.25) is 5.60 Å². The number of hydrogen-bond acceptors (Lipinski definition) is 5. The van der Waals surface area contributed by atoms with Gasteiger partial charge in [-0.1, -0.05) is 13.0 Å². The molecule has 0 saturated heterocycles. The van der Waals surface area contributed by atoms with Crippen molar-refractivity contribution in [2.45, 2.75) is 45.1 Å². The van der Waals surface area contributed by atoms with Crippen LogP contribution in [-0.2, 0) is 23.9 Å². The van der Waals surface area contributed by atoms with Crippen LogP contribution in [0.25, 0.3) is 0 Å². The van der Waals surface area contributed by atoms with Gasteiger partial charge in [-0.2, -0.15) is 0 Å². The Labute approximate surface area is 117 Å². The van der Waals surface area contributed by atoms with E-state index < -0.39 is 28.9 Å². The molecular weight excluding hydrogens is 264 g/mol. The number of carboxylic acids is 1. The molecule has 2 atom stereocenters. The Morgan fingerprint density at radius 2 is 1.90 bits per heavy atom. The fourth-order valence-electron chi connectivity index (χ4n) is 2.60. The van der Waals surface area contributed by atoms with Gasteiger partial charge in [0, 0.05) is 6.08 Å². The highest BCUT2D eigenvalue weighted by atomic mass is 16.6. The number of carbonyl (C=O) groups excluding carboxylic acids is 2. The second-order valence-corrected chi connectivity index (χ2v) is 5.02. The second-order valence-electron chi connectivity index (χ2n) is 5.02. The molecule has 1 N–H and O–H groups in total. The van der Waals surface area contributed by atoms with Crippen molar-refractivity contribution in [1.29, 1.82) is 0 Å². The van der Waals surface area contributed by atoms with Gasteiger partial charge >= 0.3 is 17.9 Å². The van der Waals surface area contributed by atoms with Crippen LogP contribution in [0.1, 0.15) is 39.5 Å². The molecule has 0 heterocycles. The van der Waals surface area contributed by atoms with Gasteiger partial charge in [-0.05, 0) is 33.1 Å². The molecule has 20 heavy (non-hydrogen) atoms. The van der Waals surface area contributed by atoms with E-state index >= 15 is 0 Å². The molecule has 1 aliphatic carbocycles. The van der Waals surface area contributed by atoms with Crippen molar-refractivity contribution in [3.8, 4) is 0 Å². The molecule has 0 radical (unpaired) electrons. The maximum atomic E-state index is 12.3. The Morgan fingerprint density at radius 1 is 1.30 bits per heavy atom. The molecule has 2 unspecified atom stereocenters. The van der Waals surface area contributed by atoms with E-state index in [4.69, 9.17) is 9.47 Å². The first-order valence-electron chi connectivity index (χ1n) is 6.60. The van der Waals surface area contributed by atoms with E-state index in [0.29, 0.717) is 12.8 Å². The van der Waals surface area contributed by atoms with Crippen LogP contribution in [-0.4, -0.2) is 35.2 Å². The molecular formula is C14H20O6. The van der Waals surface area contributed by atoms with Crippen LogP contribution in [0.2, 0.25) is 0 Å². The maximum absolute atomic E-state index is 12.3. The van der Waals surface area contributed by atoms with Crippen LogP contribution < -0.4 is 0 Å². The van der Waals surface area contributed by atoms with Gasteiger partial charge in [0.1, 0.15) is 5.41 Å². The van der Waals surface area contributed by atoms with Gasteiger partial charge < -0.3 is 14.6 Å². The van der Waals surface area contributed by atoms with Crippen LogP contribution in [0.5, 0.6) is 0 Å². The highest BCUT2D eigenvalue weighted by molar-refractivity contribution is 5.93. The predicted octanol–water partition coefficient (Wildman–Crippen LogP) is 1.68. The van der Waals surface area contributed by atoms with Crippen LogP contribution in [0.15, 0.2) is 12.7 Å². The summed E-state index contributed by atoms with van der Waals surface area (Å²) in [6.07, 6.45) is 2.53. The number of carbonyl (C=O) groups is 3. The Kier molecular flexibility index (Phi) is 4.92. The fraction of sp³-hybridized carbons (Fsp3) is 0.643. The summed E-state index contributed by atoms with van der Waals surface area (Å²) in [6.45, 7) is 6.40. The Morgan fingerprint density at radius 3 is 2.40 bits per heavy atom. The van der Waals surface area contributed by atoms with Gasteiger partial charge in [-0.15, -0.1) is 0 Å². The normalized spacial score (nSPS) is 29.3. The molecule has 0 aromatic heterocycles. The van der Waals surface area contributed by atoms with Crippen LogP contribution in [0.4, 0.5) is 0 Å². The zero-order valence-electron chi connectivity index (χ0n) is 11.8. The summed E-state index contributed by atoms with van der Waals surface area (Å²) in [6, 6.07) is 0. The van der Waals surface area contributed by atoms with Crippen molar-refractivity contribution in [2.75, 3.05) is 6.61 Å². The molecule has 1 rings (SSSR count). The van der Waals surface area contributed by atoms with Crippen molar-refractivity contribution >= 4 is 17.9 Å². The Bertz CT molecular complexity index is 429. The minimum atomic E-state index is -1.79. The molecule has 112 valence electrons. The standard InChI is InChI=1S/C14H20O6/c1-4-10(15)20-14(12(18)19-5-2)9-7-6-8-13(14,3)11(16)17/h4H,1,5-9H2,2-3H3,(H,16,17). The maximum Gasteiger partial charge on any atom is 0.351 e. The first-order valence-corrected chi connectivity index (χ1v) is 6.60. The van der Waals surface area contributed by atoms with Crippen LogP contribution in [0, 0.1) is 5.41 Å². The molecule has 0 amide bonds. The molecule has 0 spiro atoms. The third kappa shape index (κ3) is 2.55. The lowest BCUT2D eigenvalue weighted by Gasteiger charge is -2.45. The van der Waals surface area contributed by atoms with E-state index in [9.17, 15) is 19.5 Å². The van der Waals surface area contributed by atoms with Crippen molar-refractivity contribution in [1.82, 2.24) is 0 Å². The second kappa shape index (κ2) is 6.07. The first-order chi connectivity index (χ1) is 9.34. The van der Waals surface area contributed by atoms with Crippen molar-refractivity contribution < 1.29 is 29.0 Å². The summed E-state index contributed by atoms with van der Waals surface area (Å²) in [5.74, 6) is -2.81. The van der Waals surface area contributed by atoms with E-state index in [1.54, 1.807) is 6.92 Å². The molecule has 0 aromatic rings. The molecule has 1 saturated carbocycles. The summed E-state index contributed by atoms with van der Waals surface area (Å²) in [7, 11) is 0. The van der Waals surface area contributed by atoms with Gasteiger partial charge in [-0.25, -0.2) is 9.59 Å². The lowest BCUT2D eigenvalue weighted by atomic mass is 9.64. The highest BCUT2D eigenvalue weighted by Crippen LogP contribution is 2.48. The van der Waals surface area contributed by atoms with Gasteiger partial charge in [-0.3, -0.25) is 4.79 Å². The van der Waals surface area contributed by atoms with Crippen molar-refractivity contribution in [2.24, 2.45) is 5.41 Å². The third-order valence-corrected chi connectivity index (χ3v) is 3.87. The smallest absolute Gasteiger partial charge is 0.351 e. The minimum Gasteiger partial charge on any atom is -0.481 e. The topological polar surface area (TPSA) is 89.9 Å². The molecule has 0 aromatic carbocycles. The van der Waals surface area contributed by atoms with Gasteiger partial charge in [0.25, 0.3) is 0 Å². The first kappa shape index (κ1) is 16.2. The van der Waals surface area contributed by atoms with Crippen LogP contribution in [0.3, 0.4) is 0 Å². The lowest BCUT2D eigenvalue weighted by Crippen LogP contribution is -2.61. The Balaban J connectivity index is 3.31. The lowest BCUT2D eigenvalue weighted by molar-refractivity contribution is -0.209. The Hall–Kier alpha value is -1.85. The number of ether oxygens (including phenoxy) is 2. The molecule has 1 fully saturated rings. The SMILES string of the molecule is C=CC(=O)OC1(C(=O)OCC)CCCCC1(C)C(=O)O. The number of carboxylic acid groups (broad SMARTS) is 1. The molecule has 1 aliphatic rings. The zero-order chi connectivity index (χ0) is 15.4. The van der Waals surface area contributed by atoms with E-state index in [2.05, 4.69) is 6.58 Å². The van der Waals surface area contributed by atoms with E-state index in [1.165, 1.54) is 6.92 Å². The summed E-state index contributed by atoms with van der Waals surface area (Å²) in [5.41, 5.74) is -3.30. The van der Waals surface area contributed by atoms with E-state index in [0.717, 1.165) is 6.08 Å². The number of rotatable bonds is 5. The number of hydrogen-bond donors (Lipinski definition) is 1. The minimum absolute atomic E-state index is 0.0852. The van der Waals surface area contributed by atoms with Gasteiger partial charge in [0.15, 0.2) is 0 Å². The highest BCUT2D eigenvalue weighted by Gasteiger charge is 2.63. The van der Waals surface area contributed by atoms with Crippen molar-refractivity contribution in [3.63, 3.8) is 0 Å². The number of esters is 2. The molecule has 6 heteroatoms. The summed E-state index contributed by atoms with van der Waals surface area (Å²) in [4.78, 5) is 35.5. The van der Waals surface area contributed by atoms with Crippen LogP contribution >= 0.6 is 0 Å². The summed E-state index contributed by atoms with van der Waals surface area (Å²) >= 11 is 0. The monoisotopic (exact) mass is 284 g/mol. The molecule has 0 aliphatic heterocycles. The van der Waals surface area contributed by atoms with E-state index in [1.807, 2.05) is 0 Å². The average molecular weight is 284 g/mol. The average Bonchev–Trinajstić information content (AvgIpc) is 2.41. The molecule has 0 bridgehead atoms. The predicted molar refractivity (Wildman–Crippen MR) is 69.9 cm³/mol. The summed E-state index contributed by atoms with van der Waals surface area (Å²) in [5, 5.41) is 9.51.